The summed E-state index contributed by atoms with van der Waals surface area (Å²) in [5.41, 5.74) is 7.70. The van der Waals surface area contributed by atoms with Crippen LogP contribution in [0.1, 0.15) is 5.56 Å². The van der Waals surface area contributed by atoms with E-state index in [1.165, 1.54) is 0 Å². The number of nitrogens with one attached hydrogen (secondary N) is 1. The molecule has 0 spiro atoms. The van der Waals surface area contributed by atoms with Crippen LogP contribution < -0.4 is 15.2 Å². The van der Waals surface area contributed by atoms with Gasteiger partial charge in [-0.3, -0.25) is 5.10 Å². The number of nitrogen functional groups attached to an aromatic ring is 1. The maximum atomic E-state index is 12.9. The SMILES string of the molecule is Nc1[nH]ncc1-c1cc(CF)cc2c1OCCO2. The molecule has 0 saturated heterocycles. The van der Waals surface area contributed by atoms with E-state index in [-0.39, 0.29) is 0 Å². The van der Waals surface area contributed by atoms with Gasteiger partial charge >= 0.3 is 0 Å². The summed E-state index contributed by atoms with van der Waals surface area (Å²) >= 11 is 0. The Bertz CT molecular complexity index is 583. The van der Waals surface area contributed by atoms with Gasteiger partial charge in [-0.15, -0.1) is 0 Å². The van der Waals surface area contributed by atoms with Crippen molar-refractivity contribution < 1.29 is 13.9 Å². The highest BCUT2D eigenvalue weighted by Gasteiger charge is 2.20. The second-order valence-electron chi connectivity index (χ2n) is 4.00. The number of alkyl halides is 1. The van der Waals surface area contributed by atoms with Gasteiger partial charge in [-0.25, -0.2) is 4.39 Å². The maximum absolute atomic E-state index is 12.9. The minimum Gasteiger partial charge on any atom is -0.486 e. The molecule has 0 atom stereocenters. The number of ether oxygens (including phenoxy) is 2. The Kier molecular flexibility index (Phi) is 2.55. The highest BCUT2D eigenvalue weighted by molar-refractivity contribution is 5.81. The molecule has 94 valence electrons. The molecule has 0 bridgehead atoms. The smallest absolute Gasteiger partial charge is 0.169 e. The quantitative estimate of drug-likeness (QED) is 0.852. The van der Waals surface area contributed by atoms with Crippen molar-refractivity contribution in [2.24, 2.45) is 0 Å². The number of H-pyrrole nitrogens is 1. The van der Waals surface area contributed by atoms with Crippen LogP contribution in [0.5, 0.6) is 11.5 Å². The third-order valence-corrected chi connectivity index (χ3v) is 2.82. The molecule has 6 heteroatoms. The Balaban J connectivity index is 2.21. The summed E-state index contributed by atoms with van der Waals surface area (Å²) in [6, 6.07) is 3.35. The van der Waals surface area contributed by atoms with Gasteiger partial charge in [0.25, 0.3) is 0 Å². The van der Waals surface area contributed by atoms with E-state index in [2.05, 4.69) is 10.2 Å². The van der Waals surface area contributed by atoms with Gasteiger partial charge < -0.3 is 15.2 Å². The van der Waals surface area contributed by atoms with E-state index in [0.29, 0.717) is 47.2 Å². The molecule has 0 unspecified atom stereocenters. The largest absolute Gasteiger partial charge is 0.486 e. The molecule has 0 fully saturated rings. The van der Waals surface area contributed by atoms with Crippen molar-refractivity contribution in [3.05, 3.63) is 23.9 Å². The zero-order valence-corrected chi connectivity index (χ0v) is 9.57. The number of fused-ring (bicyclic) bond motifs is 1. The van der Waals surface area contributed by atoms with Crippen LogP contribution in [-0.4, -0.2) is 23.4 Å². The Morgan fingerprint density at radius 3 is 2.83 bits per heavy atom. The summed E-state index contributed by atoms with van der Waals surface area (Å²) in [7, 11) is 0. The Morgan fingerprint density at radius 1 is 1.28 bits per heavy atom. The number of halogens is 1. The first-order valence-corrected chi connectivity index (χ1v) is 5.57. The maximum Gasteiger partial charge on any atom is 0.169 e. The first-order chi connectivity index (χ1) is 8.79. The van der Waals surface area contributed by atoms with Crippen LogP contribution in [0, 0.1) is 0 Å². The molecular weight excluding hydrogens is 237 g/mol. The van der Waals surface area contributed by atoms with E-state index in [9.17, 15) is 4.39 Å². The van der Waals surface area contributed by atoms with Crippen LogP contribution in [-0.2, 0) is 6.67 Å². The number of hydrogen-bond donors (Lipinski definition) is 2. The fraction of sp³-hybridized carbons (Fsp3) is 0.250. The van der Waals surface area contributed by atoms with Crippen molar-refractivity contribution in [1.82, 2.24) is 10.2 Å². The van der Waals surface area contributed by atoms with Crippen LogP contribution >= 0.6 is 0 Å². The van der Waals surface area contributed by atoms with Crippen LogP contribution in [0.3, 0.4) is 0 Å². The predicted molar refractivity (Wildman–Crippen MR) is 64.2 cm³/mol. The van der Waals surface area contributed by atoms with E-state index >= 15 is 0 Å². The molecule has 2 aromatic rings. The number of hydrogen-bond acceptors (Lipinski definition) is 4. The molecule has 0 amide bonds. The molecule has 1 aromatic carbocycles. The van der Waals surface area contributed by atoms with Crippen molar-refractivity contribution in [2.45, 2.75) is 6.67 Å². The molecule has 1 aliphatic rings. The second kappa shape index (κ2) is 4.21. The summed E-state index contributed by atoms with van der Waals surface area (Å²) in [6.45, 7) is 0.358. The van der Waals surface area contributed by atoms with Gasteiger partial charge in [0.05, 0.1) is 6.20 Å². The van der Waals surface area contributed by atoms with Crippen molar-refractivity contribution in [2.75, 3.05) is 18.9 Å². The summed E-state index contributed by atoms with van der Waals surface area (Å²) < 4.78 is 23.9. The first-order valence-electron chi connectivity index (χ1n) is 5.57. The lowest BCUT2D eigenvalue weighted by atomic mass is 10.0. The van der Waals surface area contributed by atoms with E-state index in [0.717, 1.165) is 0 Å². The van der Waals surface area contributed by atoms with Gasteiger partial charge in [-0.2, -0.15) is 5.10 Å². The third kappa shape index (κ3) is 1.66. The summed E-state index contributed by atoms with van der Waals surface area (Å²) in [5.74, 6) is 1.56. The number of rotatable bonds is 2. The summed E-state index contributed by atoms with van der Waals surface area (Å²) in [5, 5.41) is 6.51. The van der Waals surface area contributed by atoms with E-state index < -0.39 is 6.67 Å². The number of nitrogens with two attached hydrogens (primary N) is 1. The van der Waals surface area contributed by atoms with Crippen molar-refractivity contribution >= 4 is 5.82 Å². The lowest BCUT2D eigenvalue weighted by Gasteiger charge is -2.21. The van der Waals surface area contributed by atoms with Gasteiger partial charge in [-0.05, 0) is 17.7 Å². The fourth-order valence-corrected chi connectivity index (χ4v) is 2.00. The number of aromatic nitrogens is 2. The normalized spacial score (nSPS) is 13.6. The average molecular weight is 249 g/mol. The minimum absolute atomic E-state index is 0.419. The van der Waals surface area contributed by atoms with Gasteiger partial charge in [-0.1, -0.05) is 0 Å². The molecule has 0 saturated carbocycles. The molecular formula is C12H12FN3O2. The molecule has 0 aliphatic carbocycles. The van der Waals surface area contributed by atoms with Gasteiger partial charge in [0, 0.05) is 11.1 Å². The number of nitrogens with zero attached hydrogens (tertiary/aromatic N) is 1. The Morgan fingerprint density at radius 2 is 2.11 bits per heavy atom. The number of aromatic amines is 1. The zero-order valence-electron chi connectivity index (χ0n) is 9.57. The second-order valence-corrected chi connectivity index (χ2v) is 4.00. The lowest BCUT2D eigenvalue weighted by molar-refractivity contribution is 0.172. The Hall–Kier alpha value is -2.24. The van der Waals surface area contributed by atoms with Gasteiger partial charge in [0.1, 0.15) is 25.7 Å². The van der Waals surface area contributed by atoms with Crippen LogP contribution in [0.4, 0.5) is 10.2 Å². The molecule has 1 aliphatic heterocycles. The van der Waals surface area contributed by atoms with E-state index in [1.54, 1.807) is 18.3 Å². The average Bonchev–Trinajstić information content (AvgIpc) is 2.83. The minimum atomic E-state index is -0.568. The molecule has 3 rings (SSSR count). The lowest BCUT2D eigenvalue weighted by Crippen LogP contribution is -2.16. The third-order valence-electron chi connectivity index (χ3n) is 2.82. The standard InChI is InChI=1S/C12H12FN3O2/c13-5-7-3-8(9-6-15-16-12(9)14)11-10(4-7)17-1-2-18-11/h3-4,6H,1-2,5H2,(H3,14,15,16). The molecule has 0 radical (unpaired) electrons. The highest BCUT2D eigenvalue weighted by Crippen LogP contribution is 2.42. The van der Waals surface area contributed by atoms with Crippen molar-refractivity contribution in [3.8, 4) is 22.6 Å². The fourth-order valence-electron chi connectivity index (χ4n) is 2.00. The molecule has 3 N–H and O–H groups in total. The number of anilines is 1. The Labute approximate surface area is 103 Å². The number of benzene rings is 1. The van der Waals surface area contributed by atoms with Crippen LogP contribution in [0.25, 0.3) is 11.1 Å². The molecule has 1 aromatic heterocycles. The zero-order chi connectivity index (χ0) is 12.5. The van der Waals surface area contributed by atoms with Crippen LogP contribution in [0.2, 0.25) is 0 Å². The van der Waals surface area contributed by atoms with E-state index in [4.69, 9.17) is 15.2 Å². The molecule has 5 nitrogen and oxygen atoms in total. The van der Waals surface area contributed by atoms with Gasteiger partial charge in [0.2, 0.25) is 0 Å². The first kappa shape index (κ1) is 10.9. The molecule has 18 heavy (non-hydrogen) atoms. The summed E-state index contributed by atoms with van der Waals surface area (Å²) in [6.07, 6.45) is 1.59. The highest BCUT2D eigenvalue weighted by atomic mass is 19.1. The topological polar surface area (TPSA) is 73.2 Å². The van der Waals surface area contributed by atoms with E-state index in [1.807, 2.05) is 0 Å². The van der Waals surface area contributed by atoms with Gasteiger partial charge in [0.15, 0.2) is 11.5 Å². The summed E-state index contributed by atoms with van der Waals surface area (Å²) in [4.78, 5) is 0. The molecule has 2 heterocycles. The van der Waals surface area contributed by atoms with Crippen molar-refractivity contribution in [1.29, 1.82) is 0 Å². The van der Waals surface area contributed by atoms with Crippen molar-refractivity contribution in [3.63, 3.8) is 0 Å². The van der Waals surface area contributed by atoms with Crippen LogP contribution in [0.15, 0.2) is 18.3 Å². The predicted octanol–water partition coefficient (Wildman–Crippen LogP) is 1.90. The monoisotopic (exact) mass is 249 g/mol.